The van der Waals surface area contributed by atoms with Crippen molar-refractivity contribution >= 4 is 0 Å². The summed E-state index contributed by atoms with van der Waals surface area (Å²) >= 11 is 0. The Morgan fingerprint density at radius 1 is 1.05 bits per heavy atom. The quantitative estimate of drug-likeness (QED) is 0.838. The Balaban J connectivity index is 2.02. The Kier molecular flexibility index (Phi) is 4.94. The minimum absolute atomic E-state index is 0.346. The van der Waals surface area contributed by atoms with E-state index >= 15 is 0 Å². The number of nitrogens with zero attached hydrogens (tertiary/aromatic N) is 1. The van der Waals surface area contributed by atoms with Gasteiger partial charge in [-0.3, -0.25) is 4.90 Å². The van der Waals surface area contributed by atoms with Crippen LogP contribution in [0, 0.1) is 11.3 Å². The minimum atomic E-state index is 0.346. The molecule has 0 aromatic rings. The standard InChI is InChI=1S/C17H34N2/c1-16(2,3)19-12-10-17(11-13-19,14-18-4)15-8-6-5-7-9-15/h15,18H,5-14H2,1-4H3. The van der Waals surface area contributed by atoms with Gasteiger partial charge >= 0.3 is 0 Å². The third kappa shape index (κ3) is 3.52. The van der Waals surface area contributed by atoms with Crippen LogP contribution in [0.15, 0.2) is 0 Å². The first-order valence-corrected chi connectivity index (χ1v) is 8.38. The van der Waals surface area contributed by atoms with E-state index in [-0.39, 0.29) is 0 Å². The molecule has 1 heterocycles. The highest BCUT2D eigenvalue weighted by Gasteiger charge is 2.42. The molecule has 0 aromatic heterocycles. The van der Waals surface area contributed by atoms with Gasteiger partial charge in [-0.2, -0.15) is 0 Å². The number of nitrogens with one attached hydrogen (secondary N) is 1. The minimum Gasteiger partial charge on any atom is -0.319 e. The molecule has 2 rings (SSSR count). The highest BCUT2D eigenvalue weighted by atomic mass is 15.2. The van der Waals surface area contributed by atoms with Gasteiger partial charge in [-0.15, -0.1) is 0 Å². The van der Waals surface area contributed by atoms with E-state index in [1.165, 1.54) is 64.6 Å². The van der Waals surface area contributed by atoms with Gasteiger partial charge < -0.3 is 5.32 Å². The molecule has 2 heteroatoms. The number of piperidine rings is 1. The monoisotopic (exact) mass is 266 g/mol. The van der Waals surface area contributed by atoms with E-state index in [2.05, 4.69) is 38.0 Å². The fraction of sp³-hybridized carbons (Fsp3) is 1.00. The molecule has 0 spiro atoms. The molecule has 2 aliphatic rings. The number of hydrogen-bond donors (Lipinski definition) is 1. The van der Waals surface area contributed by atoms with E-state index in [1.54, 1.807) is 0 Å². The van der Waals surface area contributed by atoms with Crippen molar-refractivity contribution in [3.8, 4) is 0 Å². The summed E-state index contributed by atoms with van der Waals surface area (Å²) in [6, 6.07) is 0. The topological polar surface area (TPSA) is 15.3 Å². The van der Waals surface area contributed by atoms with Gasteiger partial charge in [0.1, 0.15) is 0 Å². The first-order chi connectivity index (χ1) is 8.98. The van der Waals surface area contributed by atoms with Crippen LogP contribution in [-0.2, 0) is 0 Å². The molecule has 1 saturated heterocycles. The molecule has 1 saturated carbocycles. The van der Waals surface area contributed by atoms with Gasteiger partial charge in [-0.1, -0.05) is 19.3 Å². The molecule has 0 aromatic carbocycles. The number of hydrogen-bond acceptors (Lipinski definition) is 2. The molecule has 112 valence electrons. The van der Waals surface area contributed by atoms with E-state index < -0.39 is 0 Å². The summed E-state index contributed by atoms with van der Waals surface area (Å²) in [4.78, 5) is 2.68. The Morgan fingerprint density at radius 3 is 2.11 bits per heavy atom. The second-order valence-electron chi connectivity index (χ2n) is 7.89. The molecule has 1 N–H and O–H groups in total. The highest BCUT2D eigenvalue weighted by molar-refractivity contribution is 4.95. The van der Waals surface area contributed by atoms with Gasteiger partial charge in [0.25, 0.3) is 0 Å². The largest absolute Gasteiger partial charge is 0.319 e. The smallest absolute Gasteiger partial charge is 0.0125 e. The van der Waals surface area contributed by atoms with E-state index in [1.807, 2.05) is 0 Å². The maximum absolute atomic E-state index is 3.51. The van der Waals surface area contributed by atoms with Crippen molar-refractivity contribution in [2.45, 2.75) is 71.3 Å². The van der Waals surface area contributed by atoms with Crippen molar-refractivity contribution in [3.63, 3.8) is 0 Å². The SMILES string of the molecule is CNCC1(C2CCCCC2)CCN(C(C)(C)C)CC1. The lowest BCUT2D eigenvalue weighted by Crippen LogP contribution is -2.53. The molecule has 0 amide bonds. The summed E-state index contributed by atoms with van der Waals surface area (Å²) in [5, 5.41) is 3.51. The maximum atomic E-state index is 3.51. The molecule has 0 radical (unpaired) electrons. The zero-order chi connectivity index (χ0) is 13.9. The third-order valence-corrected chi connectivity index (χ3v) is 5.71. The van der Waals surface area contributed by atoms with Crippen molar-refractivity contribution in [1.29, 1.82) is 0 Å². The molecule has 0 atom stereocenters. The third-order valence-electron chi connectivity index (χ3n) is 5.71. The van der Waals surface area contributed by atoms with Crippen molar-refractivity contribution in [3.05, 3.63) is 0 Å². The normalized spacial score (nSPS) is 26.5. The second kappa shape index (κ2) is 6.13. The lowest BCUT2D eigenvalue weighted by molar-refractivity contribution is -0.00193. The Hall–Kier alpha value is -0.0800. The van der Waals surface area contributed by atoms with Crippen LogP contribution < -0.4 is 5.32 Å². The lowest BCUT2D eigenvalue weighted by Gasteiger charge is -2.51. The molecule has 1 aliphatic heterocycles. The fourth-order valence-corrected chi connectivity index (χ4v) is 4.42. The van der Waals surface area contributed by atoms with Gasteiger partial charge in [0.05, 0.1) is 0 Å². The van der Waals surface area contributed by atoms with Gasteiger partial charge in [0.15, 0.2) is 0 Å². The summed E-state index contributed by atoms with van der Waals surface area (Å²) in [7, 11) is 2.14. The zero-order valence-corrected chi connectivity index (χ0v) is 13.6. The number of likely N-dealkylation sites (tertiary alicyclic amines) is 1. The van der Waals surface area contributed by atoms with Crippen LogP contribution in [0.4, 0.5) is 0 Å². The summed E-state index contributed by atoms with van der Waals surface area (Å²) in [6.07, 6.45) is 10.2. The van der Waals surface area contributed by atoms with Crippen LogP contribution >= 0.6 is 0 Å². The molecule has 1 aliphatic carbocycles. The van der Waals surface area contributed by atoms with Crippen LogP contribution in [-0.4, -0.2) is 37.1 Å². The fourth-order valence-electron chi connectivity index (χ4n) is 4.42. The Morgan fingerprint density at radius 2 is 1.63 bits per heavy atom. The average molecular weight is 266 g/mol. The van der Waals surface area contributed by atoms with Crippen molar-refractivity contribution < 1.29 is 0 Å². The second-order valence-corrected chi connectivity index (χ2v) is 7.89. The molecule has 2 nitrogen and oxygen atoms in total. The van der Waals surface area contributed by atoms with Crippen molar-refractivity contribution in [1.82, 2.24) is 10.2 Å². The van der Waals surface area contributed by atoms with Crippen molar-refractivity contribution in [2.75, 3.05) is 26.7 Å². The Bertz CT molecular complexity index is 265. The molecular weight excluding hydrogens is 232 g/mol. The van der Waals surface area contributed by atoms with Crippen LogP contribution in [0.3, 0.4) is 0 Å². The highest BCUT2D eigenvalue weighted by Crippen LogP contribution is 2.46. The Labute approximate surface area is 120 Å². The average Bonchev–Trinajstić information content (AvgIpc) is 2.39. The van der Waals surface area contributed by atoms with Crippen LogP contribution in [0.25, 0.3) is 0 Å². The maximum Gasteiger partial charge on any atom is 0.0125 e. The van der Waals surface area contributed by atoms with E-state index in [0.29, 0.717) is 11.0 Å². The van der Waals surface area contributed by atoms with Crippen LogP contribution in [0.2, 0.25) is 0 Å². The molecular formula is C17H34N2. The van der Waals surface area contributed by atoms with Gasteiger partial charge in [-0.05, 0) is 77.9 Å². The molecule has 19 heavy (non-hydrogen) atoms. The first kappa shape index (κ1) is 15.3. The van der Waals surface area contributed by atoms with Gasteiger partial charge in [0, 0.05) is 12.1 Å². The van der Waals surface area contributed by atoms with Crippen molar-refractivity contribution in [2.24, 2.45) is 11.3 Å². The first-order valence-electron chi connectivity index (χ1n) is 8.38. The predicted octanol–water partition coefficient (Wildman–Crippen LogP) is 3.67. The van der Waals surface area contributed by atoms with Crippen LogP contribution in [0.5, 0.6) is 0 Å². The predicted molar refractivity (Wildman–Crippen MR) is 83.5 cm³/mol. The van der Waals surface area contributed by atoms with E-state index in [0.717, 1.165) is 5.92 Å². The number of rotatable bonds is 3. The van der Waals surface area contributed by atoms with E-state index in [9.17, 15) is 0 Å². The zero-order valence-electron chi connectivity index (χ0n) is 13.6. The molecule has 0 bridgehead atoms. The summed E-state index contributed by atoms with van der Waals surface area (Å²) in [5.74, 6) is 0.982. The summed E-state index contributed by atoms with van der Waals surface area (Å²) in [5.41, 5.74) is 0.940. The lowest BCUT2D eigenvalue weighted by atomic mass is 9.63. The summed E-state index contributed by atoms with van der Waals surface area (Å²) < 4.78 is 0. The van der Waals surface area contributed by atoms with Crippen LogP contribution in [0.1, 0.15) is 65.7 Å². The summed E-state index contributed by atoms with van der Waals surface area (Å²) in [6.45, 7) is 10.9. The van der Waals surface area contributed by atoms with Gasteiger partial charge in [-0.25, -0.2) is 0 Å². The molecule has 0 unspecified atom stereocenters. The molecule has 2 fully saturated rings. The van der Waals surface area contributed by atoms with E-state index in [4.69, 9.17) is 0 Å². The van der Waals surface area contributed by atoms with Gasteiger partial charge in [0.2, 0.25) is 0 Å².